The van der Waals surface area contributed by atoms with E-state index < -0.39 is 0 Å². The van der Waals surface area contributed by atoms with Gasteiger partial charge in [-0.15, -0.1) is 0 Å². The molecule has 0 aliphatic carbocycles. The zero-order valence-corrected chi connectivity index (χ0v) is 14.9. The van der Waals surface area contributed by atoms with Gasteiger partial charge in [0, 0.05) is 32.6 Å². The largest absolute Gasteiger partial charge is 0.497 e. The van der Waals surface area contributed by atoms with Crippen LogP contribution in [-0.4, -0.2) is 61.1 Å². The van der Waals surface area contributed by atoms with Gasteiger partial charge < -0.3 is 19.3 Å². The highest BCUT2D eigenvalue weighted by molar-refractivity contribution is 5.89. The van der Waals surface area contributed by atoms with Gasteiger partial charge in [0.2, 0.25) is 11.8 Å². The third-order valence-corrected chi connectivity index (χ3v) is 5.00. The van der Waals surface area contributed by atoms with Crippen molar-refractivity contribution in [2.24, 2.45) is 5.92 Å². The van der Waals surface area contributed by atoms with Gasteiger partial charge in [-0.3, -0.25) is 9.59 Å². The highest BCUT2D eigenvalue weighted by Gasteiger charge is 2.37. The number of hydrogen-bond acceptors (Lipinski definition) is 4. The minimum atomic E-state index is -0.235. The van der Waals surface area contributed by atoms with Crippen LogP contribution in [0.4, 0.5) is 0 Å². The van der Waals surface area contributed by atoms with Gasteiger partial charge in [-0.1, -0.05) is 19.1 Å². The number of benzene rings is 1. The molecule has 0 bridgehead atoms. The van der Waals surface area contributed by atoms with Gasteiger partial charge >= 0.3 is 0 Å². The maximum atomic E-state index is 12.8. The Kier molecular flexibility index (Phi) is 5.58. The Morgan fingerprint density at radius 3 is 2.72 bits per heavy atom. The highest BCUT2D eigenvalue weighted by Crippen LogP contribution is 2.24. The van der Waals surface area contributed by atoms with Gasteiger partial charge in [0.1, 0.15) is 5.75 Å². The molecule has 2 heterocycles. The molecule has 136 valence electrons. The summed E-state index contributed by atoms with van der Waals surface area (Å²) in [5, 5.41) is 0. The molecule has 2 amide bonds. The Hall–Kier alpha value is -2.08. The molecule has 0 aromatic heterocycles. The van der Waals surface area contributed by atoms with E-state index in [1.807, 2.05) is 29.2 Å². The van der Waals surface area contributed by atoms with Crippen LogP contribution >= 0.6 is 0 Å². The van der Waals surface area contributed by atoms with E-state index in [-0.39, 0.29) is 23.8 Å². The van der Waals surface area contributed by atoms with Crippen LogP contribution in [0.5, 0.6) is 5.75 Å². The third kappa shape index (κ3) is 4.12. The second kappa shape index (κ2) is 7.87. The maximum Gasteiger partial charge on any atom is 0.228 e. The van der Waals surface area contributed by atoms with Crippen LogP contribution in [-0.2, 0) is 20.9 Å². The molecule has 2 aliphatic rings. The van der Waals surface area contributed by atoms with Crippen molar-refractivity contribution in [1.82, 2.24) is 9.80 Å². The van der Waals surface area contributed by atoms with E-state index in [9.17, 15) is 9.59 Å². The molecule has 0 N–H and O–H groups in total. The number of hydrogen-bond donors (Lipinski definition) is 0. The van der Waals surface area contributed by atoms with Gasteiger partial charge in [-0.2, -0.15) is 0 Å². The fourth-order valence-corrected chi connectivity index (χ4v) is 3.47. The predicted octanol–water partition coefficient (Wildman–Crippen LogP) is 1.68. The molecule has 3 rings (SSSR count). The molecular weight excluding hydrogens is 320 g/mol. The number of rotatable bonds is 5. The third-order valence-electron chi connectivity index (χ3n) is 5.00. The topological polar surface area (TPSA) is 59.1 Å². The Bertz CT molecular complexity index is 616. The Labute approximate surface area is 148 Å². The average molecular weight is 346 g/mol. The lowest BCUT2D eigenvalue weighted by Gasteiger charge is -2.34. The van der Waals surface area contributed by atoms with Crippen molar-refractivity contribution in [3.05, 3.63) is 29.8 Å². The summed E-state index contributed by atoms with van der Waals surface area (Å²) in [6.07, 6.45) is 1.32. The molecule has 2 saturated heterocycles. The van der Waals surface area contributed by atoms with Crippen LogP contribution in [0.3, 0.4) is 0 Å². The number of nitrogens with zero attached hydrogens (tertiary/aromatic N) is 2. The Balaban J connectivity index is 1.58. The van der Waals surface area contributed by atoms with Gasteiger partial charge in [-0.05, 0) is 24.1 Å². The average Bonchev–Trinajstić information content (AvgIpc) is 3.02. The van der Waals surface area contributed by atoms with Gasteiger partial charge in [0.25, 0.3) is 0 Å². The number of ether oxygens (including phenoxy) is 2. The van der Waals surface area contributed by atoms with E-state index in [1.54, 1.807) is 12.0 Å². The summed E-state index contributed by atoms with van der Waals surface area (Å²) >= 11 is 0. The highest BCUT2D eigenvalue weighted by atomic mass is 16.5. The molecule has 0 saturated carbocycles. The molecule has 6 heteroatoms. The standard InChI is InChI=1S/C19H26N2O4/c1-3-16-13-20(8-9-25-16)19(23)15-10-18(22)21(12-15)11-14-4-6-17(24-2)7-5-14/h4-7,15-16H,3,8-13H2,1-2H3/t15-,16+/m1/s1. The smallest absolute Gasteiger partial charge is 0.228 e. The van der Waals surface area contributed by atoms with Crippen molar-refractivity contribution < 1.29 is 19.1 Å². The molecular formula is C19H26N2O4. The summed E-state index contributed by atoms with van der Waals surface area (Å²) < 4.78 is 10.8. The van der Waals surface area contributed by atoms with E-state index in [0.717, 1.165) is 17.7 Å². The molecule has 0 spiro atoms. The first-order valence-corrected chi connectivity index (χ1v) is 8.91. The Morgan fingerprint density at radius 2 is 2.04 bits per heavy atom. The fourth-order valence-electron chi connectivity index (χ4n) is 3.47. The minimum absolute atomic E-state index is 0.0504. The number of methoxy groups -OCH3 is 1. The molecule has 0 radical (unpaired) electrons. The summed E-state index contributed by atoms with van der Waals surface area (Å²) in [5.74, 6) is 0.700. The minimum Gasteiger partial charge on any atom is -0.497 e. The van der Waals surface area contributed by atoms with Gasteiger partial charge in [-0.25, -0.2) is 0 Å². The predicted molar refractivity (Wildman–Crippen MR) is 93.1 cm³/mol. The van der Waals surface area contributed by atoms with Crippen molar-refractivity contribution in [2.45, 2.75) is 32.4 Å². The molecule has 2 fully saturated rings. The van der Waals surface area contributed by atoms with E-state index in [1.165, 1.54) is 0 Å². The van der Waals surface area contributed by atoms with Crippen LogP contribution in [0.1, 0.15) is 25.3 Å². The van der Waals surface area contributed by atoms with Crippen LogP contribution in [0.25, 0.3) is 0 Å². The fraction of sp³-hybridized carbons (Fsp3) is 0.579. The lowest BCUT2D eigenvalue weighted by Crippen LogP contribution is -2.48. The first-order valence-electron chi connectivity index (χ1n) is 8.91. The van der Waals surface area contributed by atoms with Crippen molar-refractivity contribution in [1.29, 1.82) is 0 Å². The number of amides is 2. The Morgan fingerprint density at radius 1 is 1.28 bits per heavy atom. The van der Waals surface area contributed by atoms with E-state index in [2.05, 4.69) is 6.92 Å². The summed E-state index contributed by atoms with van der Waals surface area (Å²) in [4.78, 5) is 28.7. The number of carbonyl (C=O) groups is 2. The SMILES string of the molecule is CC[C@H]1CN(C(=O)[C@@H]2CC(=O)N(Cc3ccc(OC)cc3)C2)CCO1. The van der Waals surface area contributed by atoms with Crippen molar-refractivity contribution in [2.75, 3.05) is 33.4 Å². The van der Waals surface area contributed by atoms with E-state index in [0.29, 0.717) is 39.2 Å². The first-order chi connectivity index (χ1) is 12.1. The summed E-state index contributed by atoms with van der Waals surface area (Å²) in [5.41, 5.74) is 1.04. The number of likely N-dealkylation sites (tertiary alicyclic amines) is 1. The van der Waals surface area contributed by atoms with Gasteiger partial charge in [0.15, 0.2) is 0 Å². The second-order valence-electron chi connectivity index (χ2n) is 6.71. The molecule has 2 atom stereocenters. The van der Waals surface area contributed by atoms with Crippen LogP contribution in [0.2, 0.25) is 0 Å². The summed E-state index contributed by atoms with van der Waals surface area (Å²) in [7, 11) is 1.63. The second-order valence-corrected chi connectivity index (χ2v) is 6.71. The molecule has 6 nitrogen and oxygen atoms in total. The van der Waals surface area contributed by atoms with Gasteiger partial charge in [0.05, 0.1) is 25.7 Å². The van der Waals surface area contributed by atoms with Crippen molar-refractivity contribution in [3.8, 4) is 5.75 Å². The first kappa shape index (κ1) is 17.7. The van der Waals surface area contributed by atoms with Crippen molar-refractivity contribution in [3.63, 3.8) is 0 Å². The normalized spacial score (nSPS) is 23.8. The van der Waals surface area contributed by atoms with Crippen LogP contribution in [0, 0.1) is 5.92 Å². The van der Waals surface area contributed by atoms with Crippen molar-refractivity contribution >= 4 is 11.8 Å². The molecule has 1 aromatic carbocycles. The summed E-state index contributed by atoms with van der Waals surface area (Å²) in [6.45, 7) is 4.94. The number of carbonyl (C=O) groups excluding carboxylic acids is 2. The summed E-state index contributed by atoms with van der Waals surface area (Å²) in [6, 6.07) is 7.68. The van der Waals surface area contributed by atoms with E-state index in [4.69, 9.17) is 9.47 Å². The quantitative estimate of drug-likeness (QED) is 0.814. The molecule has 1 aromatic rings. The van der Waals surface area contributed by atoms with Crippen LogP contribution < -0.4 is 4.74 Å². The lowest BCUT2D eigenvalue weighted by atomic mass is 10.1. The zero-order chi connectivity index (χ0) is 17.8. The molecule has 2 aliphatic heterocycles. The molecule has 25 heavy (non-hydrogen) atoms. The van der Waals surface area contributed by atoms with Crippen LogP contribution in [0.15, 0.2) is 24.3 Å². The molecule has 0 unspecified atom stereocenters. The van der Waals surface area contributed by atoms with E-state index >= 15 is 0 Å². The monoisotopic (exact) mass is 346 g/mol. The lowest BCUT2D eigenvalue weighted by molar-refractivity contribution is -0.143. The maximum absolute atomic E-state index is 12.8. The zero-order valence-electron chi connectivity index (χ0n) is 14.9. The number of morpholine rings is 1.